The van der Waals surface area contributed by atoms with E-state index in [1.54, 1.807) is 13.0 Å². The third kappa shape index (κ3) is 4.91. The number of imide groups is 1. The van der Waals surface area contributed by atoms with Crippen molar-refractivity contribution in [2.24, 2.45) is 5.73 Å². The molecule has 1 fully saturated rings. The third-order valence-corrected chi connectivity index (χ3v) is 5.46. The Morgan fingerprint density at radius 1 is 1.27 bits per heavy atom. The van der Waals surface area contributed by atoms with Crippen LogP contribution in [0.1, 0.15) is 22.8 Å². The summed E-state index contributed by atoms with van der Waals surface area (Å²) in [7, 11) is -1.54. The normalized spacial score (nSPS) is 18.9. The first-order valence-corrected chi connectivity index (χ1v) is 10.3. The number of carbonyl (C=O) groups is 5. The number of para-hydroxylation sites is 1. The van der Waals surface area contributed by atoms with E-state index in [2.05, 4.69) is 10.6 Å². The maximum atomic E-state index is 12.7. The zero-order chi connectivity index (χ0) is 24.3. The summed E-state index contributed by atoms with van der Waals surface area (Å²) in [6, 6.07) is 2.25. The molecule has 2 aliphatic heterocycles. The summed E-state index contributed by atoms with van der Waals surface area (Å²) < 4.78 is 5.32. The number of piperazine rings is 1. The highest BCUT2D eigenvalue weighted by Crippen LogP contribution is 2.30. The second kappa shape index (κ2) is 9.87. The molecule has 33 heavy (non-hydrogen) atoms. The molecule has 1 saturated heterocycles. The van der Waals surface area contributed by atoms with Crippen LogP contribution < -0.4 is 21.0 Å². The van der Waals surface area contributed by atoms with Gasteiger partial charge in [0.05, 0.1) is 11.5 Å². The zero-order valence-electron chi connectivity index (χ0n) is 17.8. The number of likely N-dealkylation sites (N-methyl/N-ethyl adjacent to an activating group) is 1. The highest BCUT2D eigenvalue weighted by molar-refractivity contribution is 6.47. The van der Waals surface area contributed by atoms with Crippen molar-refractivity contribution >= 4 is 36.8 Å². The Balaban J connectivity index is 1.65. The fraction of sp³-hybridized carbons (Fsp3) is 0.421. The van der Waals surface area contributed by atoms with E-state index >= 15 is 0 Å². The first-order chi connectivity index (χ1) is 15.7. The number of benzene rings is 1. The van der Waals surface area contributed by atoms with Gasteiger partial charge in [0.2, 0.25) is 5.91 Å². The van der Waals surface area contributed by atoms with Gasteiger partial charge in [-0.2, -0.15) is 0 Å². The number of amides is 5. The molecule has 2 unspecified atom stereocenters. The van der Waals surface area contributed by atoms with Crippen molar-refractivity contribution < 1.29 is 38.8 Å². The first-order valence-electron chi connectivity index (χ1n) is 10.3. The Bertz CT molecular complexity index is 989. The van der Waals surface area contributed by atoms with E-state index in [0.717, 1.165) is 0 Å². The first kappa shape index (κ1) is 24.0. The van der Waals surface area contributed by atoms with E-state index in [0.29, 0.717) is 17.0 Å². The number of urea groups is 1. The van der Waals surface area contributed by atoms with Gasteiger partial charge in [-0.05, 0) is 25.0 Å². The van der Waals surface area contributed by atoms with E-state index in [-0.39, 0.29) is 37.4 Å². The van der Waals surface area contributed by atoms with Gasteiger partial charge in [-0.15, -0.1) is 0 Å². The number of nitrogens with two attached hydrogens (primary N) is 1. The molecule has 2 heterocycles. The average Bonchev–Trinajstić information content (AvgIpc) is 2.78. The van der Waals surface area contributed by atoms with E-state index in [1.807, 2.05) is 0 Å². The van der Waals surface area contributed by atoms with Crippen LogP contribution in [0.4, 0.5) is 4.79 Å². The molecule has 0 radical (unpaired) electrons. The maximum absolute atomic E-state index is 12.7. The maximum Gasteiger partial charge on any atom is 0.547 e. The molecule has 0 bridgehead atoms. The van der Waals surface area contributed by atoms with Gasteiger partial charge in [0.1, 0.15) is 11.8 Å². The molecule has 0 aliphatic carbocycles. The van der Waals surface area contributed by atoms with Gasteiger partial charge in [0.25, 0.3) is 0 Å². The lowest BCUT2D eigenvalue weighted by atomic mass is 9.72. The number of nitrogens with zero attached hydrogens (tertiary/aromatic N) is 2. The van der Waals surface area contributed by atoms with Crippen LogP contribution in [0.3, 0.4) is 0 Å². The third-order valence-electron chi connectivity index (χ3n) is 5.46. The number of hydrogen-bond acceptors (Lipinski definition) is 8. The molecule has 1 aromatic rings. The Hall–Kier alpha value is -3.65. The predicted octanol–water partition coefficient (Wildman–Crippen LogP) is -2.45. The van der Waals surface area contributed by atoms with Gasteiger partial charge < -0.3 is 36.1 Å². The number of carboxylic acids is 1. The fourth-order valence-corrected chi connectivity index (χ4v) is 3.63. The largest absolute Gasteiger partial charge is 0.547 e. The predicted molar refractivity (Wildman–Crippen MR) is 113 cm³/mol. The van der Waals surface area contributed by atoms with Crippen LogP contribution in [0.2, 0.25) is 0 Å². The number of hydrogen-bond donors (Lipinski definition) is 5. The number of rotatable bonds is 6. The Labute approximate surface area is 189 Å². The molecule has 13 nitrogen and oxygen atoms in total. The molecule has 2 atom stereocenters. The highest BCUT2D eigenvalue weighted by atomic mass is 16.5. The van der Waals surface area contributed by atoms with Gasteiger partial charge in [0.15, 0.2) is 0 Å². The number of aromatic carboxylic acids is 1. The molecule has 6 N–H and O–H groups in total. The SMILES string of the molecule is CCN1CCN(C(=O)NC(CN)C(=O)NC2Cc3cccc(C(=O)O)c3OB2O)C(=O)C1=O. The van der Waals surface area contributed by atoms with E-state index < -0.39 is 48.8 Å². The number of carbonyl (C=O) groups excluding carboxylic acids is 4. The average molecular weight is 461 g/mol. The van der Waals surface area contributed by atoms with Crippen LogP contribution in [0.15, 0.2) is 18.2 Å². The van der Waals surface area contributed by atoms with Crippen LogP contribution in [-0.4, -0.2) is 94.9 Å². The van der Waals surface area contributed by atoms with Crippen LogP contribution in [0, 0.1) is 0 Å². The van der Waals surface area contributed by atoms with Crippen molar-refractivity contribution in [3.63, 3.8) is 0 Å². The van der Waals surface area contributed by atoms with Gasteiger partial charge in [0, 0.05) is 26.2 Å². The second-order valence-electron chi connectivity index (χ2n) is 7.51. The minimum Gasteiger partial charge on any atom is -0.534 e. The summed E-state index contributed by atoms with van der Waals surface area (Å²) in [4.78, 5) is 62.7. The summed E-state index contributed by atoms with van der Waals surface area (Å²) in [5, 5.41) is 24.4. The summed E-state index contributed by atoms with van der Waals surface area (Å²) in [6.07, 6.45) is 0.0700. The summed E-state index contributed by atoms with van der Waals surface area (Å²) in [5.74, 6) is -4.71. The van der Waals surface area contributed by atoms with Gasteiger partial charge in [-0.25, -0.2) is 9.59 Å². The topological polar surface area (TPSA) is 192 Å². The molecule has 0 aromatic heterocycles. The van der Waals surface area contributed by atoms with E-state index in [4.69, 9.17) is 10.4 Å². The molecular formula is C19H24BN5O8. The molecule has 0 saturated carbocycles. The van der Waals surface area contributed by atoms with Crippen molar-refractivity contribution in [1.29, 1.82) is 0 Å². The summed E-state index contributed by atoms with van der Waals surface area (Å²) in [6.45, 7) is 1.87. The second-order valence-corrected chi connectivity index (χ2v) is 7.51. The van der Waals surface area contributed by atoms with Crippen LogP contribution in [-0.2, 0) is 20.8 Å². The number of nitrogens with one attached hydrogen (secondary N) is 2. The Morgan fingerprint density at radius 2 is 2.00 bits per heavy atom. The summed E-state index contributed by atoms with van der Waals surface area (Å²) >= 11 is 0. The van der Waals surface area contributed by atoms with Crippen molar-refractivity contribution in [1.82, 2.24) is 20.4 Å². The highest BCUT2D eigenvalue weighted by Gasteiger charge is 2.40. The number of fused-ring (bicyclic) bond motifs is 1. The van der Waals surface area contributed by atoms with Crippen LogP contribution >= 0.6 is 0 Å². The fourth-order valence-electron chi connectivity index (χ4n) is 3.63. The smallest absolute Gasteiger partial charge is 0.534 e. The molecule has 176 valence electrons. The molecule has 1 aromatic carbocycles. The quantitative estimate of drug-likeness (QED) is 0.226. The van der Waals surface area contributed by atoms with Gasteiger partial charge in [-0.3, -0.25) is 19.3 Å². The molecule has 5 amide bonds. The van der Waals surface area contributed by atoms with Crippen LogP contribution in [0.5, 0.6) is 5.75 Å². The summed E-state index contributed by atoms with van der Waals surface area (Å²) in [5.41, 5.74) is 5.96. The van der Waals surface area contributed by atoms with E-state index in [1.165, 1.54) is 17.0 Å². The monoisotopic (exact) mass is 461 g/mol. The lowest BCUT2D eigenvalue weighted by Crippen LogP contribution is -2.63. The lowest BCUT2D eigenvalue weighted by molar-refractivity contribution is -0.153. The molecule has 2 aliphatic rings. The minimum atomic E-state index is -1.54. The van der Waals surface area contributed by atoms with Crippen LogP contribution in [0.25, 0.3) is 0 Å². The Kier molecular flexibility index (Phi) is 7.18. The number of carboxylic acid groups (broad SMARTS) is 1. The van der Waals surface area contributed by atoms with Gasteiger partial charge >= 0.3 is 30.9 Å². The Morgan fingerprint density at radius 3 is 2.64 bits per heavy atom. The zero-order valence-corrected chi connectivity index (χ0v) is 17.8. The van der Waals surface area contributed by atoms with Crippen molar-refractivity contribution in [2.75, 3.05) is 26.2 Å². The molecule has 0 spiro atoms. The standard InChI is InChI=1S/C19H24BN5O8/c1-2-24-6-7-25(17(28)16(24)27)19(31)22-12(9-21)15(26)23-13-8-10-4-3-5-11(18(29)30)14(10)33-20(13)32/h3-5,12-13,32H,2,6-9,21H2,1H3,(H,22,31)(H,23,26)(H,29,30). The molecular weight excluding hydrogens is 437 g/mol. The lowest BCUT2D eigenvalue weighted by Gasteiger charge is -2.33. The van der Waals surface area contributed by atoms with E-state index in [9.17, 15) is 34.1 Å². The minimum absolute atomic E-state index is 0.0149. The van der Waals surface area contributed by atoms with Crippen molar-refractivity contribution in [2.45, 2.75) is 25.3 Å². The van der Waals surface area contributed by atoms with Gasteiger partial charge in [-0.1, -0.05) is 12.1 Å². The molecule has 3 rings (SSSR count). The van der Waals surface area contributed by atoms with Crippen molar-refractivity contribution in [3.8, 4) is 5.75 Å². The van der Waals surface area contributed by atoms with Crippen molar-refractivity contribution in [3.05, 3.63) is 29.3 Å². The molecule has 14 heteroatoms.